The number of piperidine rings is 1. The van der Waals surface area contributed by atoms with Gasteiger partial charge in [-0.05, 0) is 49.1 Å². The number of nitrogens with zero attached hydrogens (tertiary/aromatic N) is 1. The quantitative estimate of drug-likeness (QED) is 0.840. The molecule has 0 bridgehead atoms. The highest BCUT2D eigenvalue weighted by atomic mass is 32.2. The van der Waals surface area contributed by atoms with Crippen LogP contribution in [0.5, 0.6) is 0 Å². The summed E-state index contributed by atoms with van der Waals surface area (Å²) >= 11 is 0. The number of carbonyl (C=O) groups excluding carboxylic acids is 2. The molecule has 0 aromatic heterocycles. The molecule has 2 aliphatic rings. The number of amides is 2. The van der Waals surface area contributed by atoms with Crippen LogP contribution in [0.15, 0.2) is 59.6 Å². The van der Waals surface area contributed by atoms with E-state index < -0.39 is 15.9 Å². The highest BCUT2D eigenvalue weighted by Crippen LogP contribution is 2.30. The highest BCUT2D eigenvalue weighted by Gasteiger charge is 2.38. The molecule has 2 aromatic rings. The maximum Gasteiger partial charge on any atom is 0.255 e. The number of benzene rings is 2. The largest absolute Gasteiger partial charge is 0.329 e. The van der Waals surface area contributed by atoms with Crippen molar-refractivity contribution in [1.82, 2.24) is 10.2 Å². The van der Waals surface area contributed by atoms with Crippen LogP contribution in [0.1, 0.15) is 39.9 Å². The van der Waals surface area contributed by atoms with Gasteiger partial charge in [-0.2, -0.15) is 0 Å². The van der Waals surface area contributed by atoms with Crippen LogP contribution in [0.4, 0.5) is 0 Å². The molecular weight excluding hydrogens is 388 g/mol. The predicted octanol–water partition coefficient (Wildman–Crippen LogP) is 2.72. The van der Waals surface area contributed by atoms with Crippen LogP contribution in [0.3, 0.4) is 0 Å². The number of carbonyl (C=O) groups is 2. The van der Waals surface area contributed by atoms with Crippen molar-refractivity contribution >= 4 is 21.7 Å². The molecule has 6 nitrogen and oxygen atoms in total. The van der Waals surface area contributed by atoms with Crippen LogP contribution in [0.2, 0.25) is 0 Å². The summed E-state index contributed by atoms with van der Waals surface area (Å²) in [4.78, 5) is 27.0. The maximum absolute atomic E-state index is 12.9. The summed E-state index contributed by atoms with van der Waals surface area (Å²) in [6, 6.07) is 11.4. The third kappa shape index (κ3) is 3.70. The summed E-state index contributed by atoms with van der Waals surface area (Å²) in [6.45, 7) is 6.02. The summed E-state index contributed by atoms with van der Waals surface area (Å²) in [5.41, 5.74) is 3.49. The molecule has 1 unspecified atom stereocenters. The average molecular weight is 410 g/mol. The van der Waals surface area contributed by atoms with Crippen molar-refractivity contribution in [1.29, 1.82) is 0 Å². The standard InChI is InChI=1S/C22H22N2O4S/c1-14-3-8-18(9-4-14)29(27,28)13-16-6-7-17-12-24(22(26)19(17)11-16)20-10-5-15(2)23-21(20)25/h3-4,6-9,11,20H,2,5,10,12-13H2,1H3,(H,23,25). The average Bonchev–Trinajstić information content (AvgIpc) is 2.98. The van der Waals surface area contributed by atoms with Gasteiger partial charge < -0.3 is 10.2 Å². The Morgan fingerprint density at radius 2 is 1.86 bits per heavy atom. The van der Waals surface area contributed by atoms with Gasteiger partial charge in [0.15, 0.2) is 9.84 Å². The molecule has 2 amide bonds. The predicted molar refractivity (Wildman–Crippen MR) is 109 cm³/mol. The lowest BCUT2D eigenvalue weighted by Gasteiger charge is -2.30. The van der Waals surface area contributed by atoms with Crippen LogP contribution in [-0.4, -0.2) is 31.2 Å². The Labute approximate surface area is 170 Å². The van der Waals surface area contributed by atoms with E-state index in [9.17, 15) is 18.0 Å². The molecule has 1 N–H and O–H groups in total. The van der Waals surface area contributed by atoms with Gasteiger partial charge in [-0.25, -0.2) is 8.42 Å². The Hall–Kier alpha value is -2.93. The van der Waals surface area contributed by atoms with Gasteiger partial charge in [-0.15, -0.1) is 0 Å². The lowest BCUT2D eigenvalue weighted by atomic mass is 10.0. The molecule has 4 rings (SSSR count). The van der Waals surface area contributed by atoms with Crippen molar-refractivity contribution in [2.45, 2.75) is 43.0 Å². The number of hydrogen-bond donors (Lipinski definition) is 1. The fourth-order valence-corrected chi connectivity index (χ4v) is 5.16. The first-order chi connectivity index (χ1) is 13.7. The van der Waals surface area contributed by atoms with Crippen LogP contribution in [0, 0.1) is 6.92 Å². The van der Waals surface area contributed by atoms with E-state index in [-0.39, 0.29) is 22.5 Å². The number of aryl methyl sites for hydroxylation is 1. The second-order valence-corrected chi connectivity index (χ2v) is 9.63. The Bertz CT molecular complexity index is 1120. The number of rotatable bonds is 4. The van der Waals surface area contributed by atoms with Gasteiger partial charge >= 0.3 is 0 Å². The van der Waals surface area contributed by atoms with E-state index in [1.807, 2.05) is 6.92 Å². The lowest BCUT2D eigenvalue weighted by Crippen LogP contribution is -2.49. The first kappa shape index (κ1) is 19.4. The third-order valence-corrected chi connectivity index (χ3v) is 7.15. The molecular formula is C22H22N2O4S. The Morgan fingerprint density at radius 1 is 1.14 bits per heavy atom. The third-order valence-electron chi connectivity index (χ3n) is 5.44. The first-order valence-corrected chi connectivity index (χ1v) is 11.1. The zero-order valence-electron chi connectivity index (χ0n) is 16.1. The van der Waals surface area contributed by atoms with Gasteiger partial charge in [-0.3, -0.25) is 9.59 Å². The van der Waals surface area contributed by atoms with Gasteiger partial charge in [0.1, 0.15) is 6.04 Å². The van der Waals surface area contributed by atoms with Gasteiger partial charge in [0.05, 0.1) is 10.6 Å². The summed E-state index contributed by atoms with van der Waals surface area (Å²) in [6.07, 6.45) is 1.18. The van der Waals surface area contributed by atoms with Crippen LogP contribution < -0.4 is 5.32 Å². The molecule has 0 saturated carbocycles. The van der Waals surface area contributed by atoms with Crippen LogP contribution in [0.25, 0.3) is 0 Å². The van der Waals surface area contributed by atoms with E-state index in [4.69, 9.17) is 0 Å². The van der Waals surface area contributed by atoms with E-state index in [1.54, 1.807) is 47.4 Å². The molecule has 7 heteroatoms. The van der Waals surface area contributed by atoms with Crippen LogP contribution >= 0.6 is 0 Å². The van der Waals surface area contributed by atoms with Gasteiger partial charge in [0, 0.05) is 17.8 Å². The first-order valence-electron chi connectivity index (χ1n) is 9.45. The minimum Gasteiger partial charge on any atom is -0.329 e. The van der Waals surface area contributed by atoms with Crippen LogP contribution in [-0.2, 0) is 26.9 Å². The maximum atomic E-state index is 12.9. The van der Waals surface area contributed by atoms with Crippen molar-refractivity contribution in [3.63, 3.8) is 0 Å². The monoisotopic (exact) mass is 410 g/mol. The molecule has 1 atom stereocenters. The number of allylic oxidation sites excluding steroid dienone is 1. The molecule has 29 heavy (non-hydrogen) atoms. The fraction of sp³-hybridized carbons (Fsp3) is 0.273. The normalized spacial score (nSPS) is 19.3. The zero-order chi connectivity index (χ0) is 20.8. The van der Waals surface area contributed by atoms with E-state index >= 15 is 0 Å². The highest BCUT2D eigenvalue weighted by molar-refractivity contribution is 7.90. The second-order valence-electron chi connectivity index (χ2n) is 7.64. The molecule has 0 radical (unpaired) electrons. The molecule has 0 spiro atoms. The molecule has 2 aromatic carbocycles. The minimum atomic E-state index is -3.51. The van der Waals surface area contributed by atoms with Gasteiger partial charge in [-0.1, -0.05) is 36.4 Å². The van der Waals surface area contributed by atoms with Crippen molar-refractivity contribution in [3.05, 3.63) is 77.0 Å². The van der Waals surface area contributed by atoms with Crippen molar-refractivity contribution in [2.24, 2.45) is 0 Å². The Balaban J connectivity index is 1.56. The summed E-state index contributed by atoms with van der Waals surface area (Å²) in [5, 5.41) is 2.71. The SMILES string of the molecule is C=C1CCC(N2Cc3ccc(CS(=O)(=O)c4ccc(C)cc4)cc3C2=O)C(=O)N1. The zero-order valence-corrected chi connectivity index (χ0v) is 17.0. The topological polar surface area (TPSA) is 83.6 Å². The Kier molecular flexibility index (Phi) is 4.78. The summed E-state index contributed by atoms with van der Waals surface area (Å²) in [5.74, 6) is -0.632. The number of fused-ring (bicyclic) bond motifs is 1. The van der Waals surface area contributed by atoms with Gasteiger partial charge in [0.25, 0.3) is 5.91 Å². The van der Waals surface area contributed by atoms with E-state index in [0.29, 0.717) is 36.2 Å². The number of hydrogen-bond acceptors (Lipinski definition) is 4. The van der Waals surface area contributed by atoms with Gasteiger partial charge in [0.2, 0.25) is 5.91 Å². The molecule has 1 fully saturated rings. The van der Waals surface area contributed by atoms with E-state index in [2.05, 4.69) is 11.9 Å². The molecule has 2 aliphatic heterocycles. The van der Waals surface area contributed by atoms with Crippen molar-refractivity contribution < 1.29 is 18.0 Å². The lowest BCUT2D eigenvalue weighted by molar-refractivity contribution is -0.126. The molecule has 150 valence electrons. The minimum absolute atomic E-state index is 0.180. The summed E-state index contributed by atoms with van der Waals surface area (Å²) < 4.78 is 25.4. The van der Waals surface area contributed by atoms with E-state index in [0.717, 1.165) is 11.1 Å². The Morgan fingerprint density at radius 3 is 2.55 bits per heavy atom. The summed E-state index contributed by atoms with van der Waals surface area (Å²) in [7, 11) is -3.51. The number of nitrogens with one attached hydrogen (secondary N) is 1. The second kappa shape index (κ2) is 7.15. The smallest absolute Gasteiger partial charge is 0.255 e. The number of sulfone groups is 1. The molecule has 2 heterocycles. The van der Waals surface area contributed by atoms with E-state index in [1.165, 1.54) is 0 Å². The molecule has 0 aliphatic carbocycles. The molecule has 1 saturated heterocycles. The fourth-order valence-electron chi connectivity index (χ4n) is 3.82. The van der Waals surface area contributed by atoms with Crippen molar-refractivity contribution in [3.8, 4) is 0 Å². The van der Waals surface area contributed by atoms with Crippen molar-refractivity contribution in [2.75, 3.05) is 0 Å².